The van der Waals surface area contributed by atoms with Crippen molar-refractivity contribution >= 4 is 28.3 Å². The van der Waals surface area contributed by atoms with Crippen LogP contribution in [0.1, 0.15) is 12.0 Å². The molecule has 3 aromatic rings. The molecule has 1 N–H and O–H groups in total. The van der Waals surface area contributed by atoms with Crippen LogP contribution in [0.15, 0.2) is 47.3 Å². The lowest BCUT2D eigenvalue weighted by molar-refractivity contribution is -0.137. The highest BCUT2D eigenvalue weighted by molar-refractivity contribution is 6.32. The standard InChI is InChI=1S/C19H15ClF3N3O2/c20-14-3-1-2-4-15(14)26-16-9-11(19(21,22)23)5-6-13(16)17(24-18(26)28)25-8-7-12(27)10-25/h1-6,9,12,27H,7-8,10H2. The Morgan fingerprint density at radius 2 is 1.93 bits per heavy atom. The molecule has 1 saturated heterocycles. The third kappa shape index (κ3) is 3.22. The van der Waals surface area contributed by atoms with Gasteiger partial charge in [-0.15, -0.1) is 0 Å². The molecule has 0 amide bonds. The lowest BCUT2D eigenvalue weighted by atomic mass is 10.1. The van der Waals surface area contributed by atoms with Crippen molar-refractivity contribution in [3.8, 4) is 5.69 Å². The summed E-state index contributed by atoms with van der Waals surface area (Å²) in [5.41, 5.74) is -1.31. The Balaban J connectivity index is 2.05. The number of aromatic nitrogens is 2. The van der Waals surface area contributed by atoms with Crippen LogP contribution in [0.25, 0.3) is 16.6 Å². The Morgan fingerprint density at radius 3 is 2.57 bits per heavy atom. The van der Waals surface area contributed by atoms with Gasteiger partial charge < -0.3 is 10.0 Å². The molecule has 0 saturated carbocycles. The second-order valence-electron chi connectivity index (χ2n) is 6.62. The number of para-hydroxylation sites is 1. The smallest absolute Gasteiger partial charge is 0.391 e. The molecule has 5 nitrogen and oxygen atoms in total. The molecule has 1 atom stereocenters. The third-order valence-corrected chi connectivity index (χ3v) is 5.08. The Kier molecular flexibility index (Phi) is 4.55. The van der Waals surface area contributed by atoms with Gasteiger partial charge in [-0.25, -0.2) is 4.79 Å². The number of aliphatic hydroxyl groups excluding tert-OH is 1. The highest BCUT2D eigenvalue weighted by Gasteiger charge is 2.32. The van der Waals surface area contributed by atoms with Gasteiger partial charge in [0.25, 0.3) is 0 Å². The number of benzene rings is 2. The fourth-order valence-electron chi connectivity index (χ4n) is 3.43. The molecule has 0 spiro atoms. The molecular formula is C19H15ClF3N3O2. The first-order valence-electron chi connectivity index (χ1n) is 8.57. The van der Waals surface area contributed by atoms with Crippen LogP contribution < -0.4 is 10.6 Å². The zero-order valence-corrected chi connectivity index (χ0v) is 15.2. The summed E-state index contributed by atoms with van der Waals surface area (Å²) in [4.78, 5) is 18.6. The SMILES string of the molecule is O=c1nc(N2CCC(O)C2)c2ccc(C(F)(F)F)cc2n1-c1ccccc1Cl. The summed E-state index contributed by atoms with van der Waals surface area (Å²) in [6.07, 6.45) is -4.64. The van der Waals surface area contributed by atoms with E-state index >= 15 is 0 Å². The van der Waals surface area contributed by atoms with Gasteiger partial charge in [0.1, 0.15) is 5.82 Å². The minimum absolute atomic E-state index is 0.0549. The summed E-state index contributed by atoms with van der Waals surface area (Å²) in [5.74, 6) is 0.258. The Hall–Kier alpha value is -2.58. The van der Waals surface area contributed by atoms with E-state index in [1.165, 1.54) is 6.07 Å². The highest BCUT2D eigenvalue weighted by atomic mass is 35.5. The molecule has 2 heterocycles. The first-order valence-corrected chi connectivity index (χ1v) is 8.95. The van der Waals surface area contributed by atoms with Crippen molar-refractivity contribution in [3.05, 3.63) is 63.5 Å². The van der Waals surface area contributed by atoms with Gasteiger partial charge in [0.15, 0.2) is 0 Å². The van der Waals surface area contributed by atoms with Crippen molar-refractivity contribution in [1.82, 2.24) is 9.55 Å². The van der Waals surface area contributed by atoms with E-state index in [1.807, 2.05) is 0 Å². The molecule has 9 heteroatoms. The van der Waals surface area contributed by atoms with E-state index in [0.29, 0.717) is 18.4 Å². The van der Waals surface area contributed by atoms with Gasteiger partial charge in [-0.2, -0.15) is 18.2 Å². The van der Waals surface area contributed by atoms with Crippen LogP contribution in [0.5, 0.6) is 0 Å². The lowest BCUT2D eigenvalue weighted by Gasteiger charge is -2.21. The number of nitrogens with zero attached hydrogens (tertiary/aromatic N) is 3. The number of hydrogen-bond donors (Lipinski definition) is 1. The van der Waals surface area contributed by atoms with E-state index in [1.54, 1.807) is 29.2 Å². The molecule has 1 aliphatic heterocycles. The highest BCUT2D eigenvalue weighted by Crippen LogP contribution is 2.35. The number of fused-ring (bicyclic) bond motifs is 1. The van der Waals surface area contributed by atoms with Crippen molar-refractivity contribution in [3.63, 3.8) is 0 Å². The van der Waals surface area contributed by atoms with Crippen molar-refractivity contribution in [2.75, 3.05) is 18.0 Å². The average Bonchev–Trinajstić information content (AvgIpc) is 3.07. The fraction of sp³-hybridized carbons (Fsp3) is 0.263. The van der Waals surface area contributed by atoms with Crippen LogP contribution in [0.2, 0.25) is 5.02 Å². The summed E-state index contributed by atoms with van der Waals surface area (Å²) in [7, 11) is 0. The summed E-state index contributed by atoms with van der Waals surface area (Å²) >= 11 is 6.19. The van der Waals surface area contributed by atoms with Crippen molar-refractivity contribution in [1.29, 1.82) is 0 Å². The number of anilines is 1. The summed E-state index contributed by atoms with van der Waals surface area (Å²) in [6, 6.07) is 9.58. The topological polar surface area (TPSA) is 58.4 Å². The molecule has 0 radical (unpaired) electrons. The van der Waals surface area contributed by atoms with E-state index in [2.05, 4.69) is 4.98 Å². The molecule has 0 bridgehead atoms. The first-order chi connectivity index (χ1) is 13.3. The molecule has 0 aliphatic carbocycles. The van der Waals surface area contributed by atoms with Gasteiger partial charge in [0, 0.05) is 18.5 Å². The van der Waals surface area contributed by atoms with Crippen LogP contribution in [0, 0.1) is 0 Å². The molecule has 1 unspecified atom stereocenters. The number of aliphatic hydroxyl groups is 1. The zero-order chi connectivity index (χ0) is 20.1. The number of alkyl halides is 3. The van der Waals surface area contributed by atoms with Crippen molar-refractivity contribution < 1.29 is 18.3 Å². The second-order valence-corrected chi connectivity index (χ2v) is 7.03. The summed E-state index contributed by atoms with van der Waals surface area (Å²) < 4.78 is 41.0. The molecule has 28 heavy (non-hydrogen) atoms. The maximum atomic E-state index is 13.3. The minimum Gasteiger partial charge on any atom is -0.391 e. The molecule has 1 aromatic heterocycles. The average molecular weight is 410 g/mol. The Bertz CT molecular complexity index is 1110. The molecule has 1 fully saturated rings. The monoisotopic (exact) mass is 409 g/mol. The molecule has 1 aliphatic rings. The number of β-amino-alcohol motifs (C(OH)–C–C–N with tert-alkyl or cyclic N) is 1. The first kappa shape index (κ1) is 18.8. The van der Waals surface area contributed by atoms with Gasteiger partial charge in [-0.1, -0.05) is 23.7 Å². The fourth-order valence-corrected chi connectivity index (χ4v) is 3.65. The van der Waals surface area contributed by atoms with E-state index < -0.39 is 23.5 Å². The zero-order valence-electron chi connectivity index (χ0n) is 14.4. The number of halogens is 4. The Morgan fingerprint density at radius 1 is 1.18 bits per heavy atom. The molecule has 4 rings (SSSR count). The predicted molar refractivity (Wildman–Crippen MR) is 100 cm³/mol. The van der Waals surface area contributed by atoms with Gasteiger partial charge in [-0.3, -0.25) is 4.57 Å². The third-order valence-electron chi connectivity index (χ3n) is 4.76. The van der Waals surface area contributed by atoms with Crippen molar-refractivity contribution in [2.45, 2.75) is 18.7 Å². The van der Waals surface area contributed by atoms with E-state index in [9.17, 15) is 23.1 Å². The lowest BCUT2D eigenvalue weighted by Crippen LogP contribution is -2.29. The van der Waals surface area contributed by atoms with Gasteiger partial charge >= 0.3 is 11.9 Å². The molecular weight excluding hydrogens is 395 g/mol. The molecule has 2 aromatic carbocycles. The second kappa shape index (κ2) is 6.79. The number of rotatable bonds is 2. The van der Waals surface area contributed by atoms with Crippen LogP contribution in [-0.4, -0.2) is 33.9 Å². The largest absolute Gasteiger partial charge is 0.416 e. The van der Waals surface area contributed by atoms with Crippen LogP contribution >= 0.6 is 11.6 Å². The minimum atomic E-state index is -4.57. The predicted octanol–water partition coefficient (Wildman–Crippen LogP) is 3.63. The van der Waals surface area contributed by atoms with E-state index in [0.717, 1.165) is 16.7 Å². The number of hydrogen-bond acceptors (Lipinski definition) is 4. The van der Waals surface area contributed by atoms with Gasteiger partial charge in [0.2, 0.25) is 0 Å². The van der Waals surface area contributed by atoms with Crippen LogP contribution in [0.3, 0.4) is 0 Å². The normalized spacial score (nSPS) is 17.5. The summed E-state index contributed by atoms with van der Waals surface area (Å²) in [5, 5.41) is 10.4. The maximum absolute atomic E-state index is 13.3. The van der Waals surface area contributed by atoms with Gasteiger partial charge in [0.05, 0.1) is 27.9 Å². The molecule has 146 valence electrons. The van der Waals surface area contributed by atoms with Crippen molar-refractivity contribution in [2.24, 2.45) is 0 Å². The summed E-state index contributed by atoms with van der Waals surface area (Å²) in [6.45, 7) is 0.721. The Labute approximate surface area is 162 Å². The van der Waals surface area contributed by atoms with E-state index in [-0.39, 0.29) is 28.6 Å². The van der Waals surface area contributed by atoms with E-state index in [4.69, 9.17) is 11.6 Å². The maximum Gasteiger partial charge on any atom is 0.416 e. The van der Waals surface area contributed by atoms with Crippen LogP contribution in [-0.2, 0) is 6.18 Å². The van der Waals surface area contributed by atoms with Crippen LogP contribution in [0.4, 0.5) is 19.0 Å². The van der Waals surface area contributed by atoms with Gasteiger partial charge in [-0.05, 0) is 36.8 Å². The quantitative estimate of drug-likeness (QED) is 0.702.